The molecule has 0 spiro atoms. The molecular formula is C15H16N2O3S. The van der Waals surface area contributed by atoms with Crippen LogP contribution in [0.5, 0.6) is 0 Å². The van der Waals surface area contributed by atoms with E-state index in [1.807, 2.05) is 13.8 Å². The number of carboxylic acid groups (broad SMARTS) is 1. The standard InChI is InChI=1S/C15H16N2O3S/c1-9(2)15-16-8-12(21-15)14(20)17-11-5-3-10(4-6-11)7-13(18)19/h3-6,8-9H,7H2,1-2H3,(H,17,20)(H,18,19). The Balaban J connectivity index is 2.03. The average molecular weight is 304 g/mol. The molecule has 0 aliphatic rings. The Morgan fingerprint density at radius 1 is 1.29 bits per heavy atom. The molecule has 2 N–H and O–H groups in total. The lowest BCUT2D eigenvalue weighted by atomic mass is 10.1. The first-order valence-corrected chi connectivity index (χ1v) is 7.35. The van der Waals surface area contributed by atoms with Gasteiger partial charge in [0.2, 0.25) is 0 Å². The molecule has 0 saturated heterocycles. The summed E-state index contributed by atoms with van der Waals surface area (Å²) < 4.78 is 0. The van der Waals surface area contributed by atoms with Crippen LogP contribution in [0.1, 0.15) is 40.0 Å². The van der Waals surface area contributed by atoms with Gasteiger partial charge in [0.05, 0.1) is 17.6 Å². The van der Waals surface area contributed by atoms with Crippen LogP contribution in [0.15, 0.2) is 30.5 Å². The van der Waals surface area contributed by atoms with Gasteiger partial charge in [-0.3, -0.25) is 9.59 Å². The van der Waals surface area contributed by atoms with Gasteiger partial charge in [0, 0.05) is 11.6 Å². The number of hydrogen-bond donors (Lipinski definition) is 2. The van der Waals surface area contributed by atoms with Gasteiger partial charge in [-0.1, -0.05) is 26.0 Å². The predicted octanol–water partition coefficient (Wildman–Crippen LogP) is 3.15. The van der Waals surface area contributed by atoms with Crippen LogP contribution in [0.3, 0.4) is 0 Å². The van der Waals surface area contributed by atoms with Gasteiger partial charge in [-0.15, -0.1) is 11.3 Å². The maximum Gasteiger partial charge on any atom is 0.307 e. The van der Waals surface area contributed by atoms with Crippen LogP contribution in [-0.4, -0.2) is 22.0 Å². The van der Waals surface area contributed by atoms with Crippen LogP contribution in [0.25, 0.3) is 0 Å². The Morgan fingerprint density at radius 2 is 1.95 bits per heavy atom. The van der Waals surface area contributed by atoms with Gasteiger partial charge < -0.3 is 10.4 Å². The van der Waals surface area contributed by atoms with E-state index in [1.165, 1.54) is 11.3 Å². The fourth-order valence-electron chi connectivity index (χ4n) is 1.73. The number of anilines is 1. The van der Waals surface area contributed by atoms with Crippen LogP contribution in [0.4, 0.5) is 5.69 Å². The summed E-state index contributed by atoms with van der Waals surface area (Å²) in [5.74, 6) is -0.783. The van der Waals surface area contributed by atoms with Gasteiger partial charge in [-0.05, 0) is 17.7 Å². The number of benzene rings is 1. The third kappa shape index (κ3) is 4.13. The molecule has 0 saturated carbocycles. The molecule has 6 heteroatoms. The molecule has 5 nitrogen and oxygen atoms in total. The smallest absolute Gasteiger partial charge is 0.307 e. The van der Waals surface area contributed by atoms with Crippen LogP contribution < -0.4 is 5.32 Å². The minimum atomic E-state index is -0.877. The third-order valence-corrected chi connectivity index (χ3v) is 4.11. The summed E-state index contributed by atoms with van der Waals surface area (Å²) in [7, 11) is 0. The maximum absolute atomic E-state index is 12.1. The van der Waals surface area contributed by atoms with E-state index in [0.29, 0.717) is 22.0 Å². The van der Waals surface area contributed by atoms with Crippen molar-refractivity contribution in [2.75, 3.05) is 5.32 Å². The molecule has 2 rings (SSSR count). The lowest BCUT2D eigenvalue weighted by Crippen LogP contribution is -2.10. The number of amides is 1. The number of carbonyl (C=O) groups is 2. The second kappa shape index (κ2) is 6.49. The predicted molar refractivity (Wildman–Crippen MR) is 81.9 cm³/mol. The van der Waals surface area contributed by atoms with E-state index >= 15 is 0 Å². The first kappa shape index (κ1) is 15.2. The highest BCUT2D eigenvalue weighted by molar-refractivity contribution is 7.13. The molecular weight excluding hydrogens is 288 g/mol. The van der Waals surface area contributed by atoms with Gasteiger partial charge >= 0.3 is 5.97 Å². The highest BCUT2D eigenvalue weighted by Crippen LogP contribution is 2.22. The Bertz CT molecular complexity index is 647. The molecule has 0 bridgehead atoms. The Kier molecular flexibility index (Phi) is 4.70. The second-order valence-electron chi connectivity index (χ2n) is 4.94. The number of aliphatic carboxylic acids is 1. The lowest BCUT2D eigenvalue weighted by Gasteiger charge is -2.04. The minimum absolute atomic E-state index is 0.0270. The van der Waals surface area contributed by atoms with Gasteiger partial charge in [-0.2, -0.15) is 0 Å². The van der Waals surface area contributed by atoms with Crippen molar-refractivity contribution >= 4 is 28.9 Å². The van der Waals surface area contributed by atoms with Gasteiger partial charge in [0.25, 0.3) is 5.91 Å². The Hall–Kier alpha value is -2.21. The number of nitrogens with zero attached hydrogens (tertiary/aromatic N) is 1. The lowest BCUT2D eigenvalue weighted by molar-refractivity contribution is -0.136. The Morgan fingerprint density at radius 3 is 2.48 bits per heavy atom. The van der Waals surface area contributed by atoms with Crippen LogP contribution in [-0.2, 0) is 11.2 Å². The molecule has 21 heavy (non-hydrogen) atoms. The molecule has 0 radical (unpaired) electrons. The summed E-state index contributed by atoms with van der Waals surface area (Å²) in [5, 5.41) is 12.4. The van der Waals surface area contributed by atoms with Crippen LogP contribution in [0.2, 0.25) is 0 Å². The highest BCUT2D eigenvalue weighted by atomic mass is 32.1. The van der Waals surface area contributed by atoms with Crippen molar-refractivity contribution in [3.8, 4) is 0 Å². The molecule has 1 amide bonds. The fraction of sp³-hybridized carbons (Fsp3) is 0.267. The molecule has 110 valence electrons. The van der Waals surface area contributed by atoms with Crippen molar-refractivity contribution in [1.82, 2.24) is 4.98 Å². The zero-order valence-corrected chi connectivity index (χ0v) is 12.6. The SMILES string of the molecule is CC(C)c1ncc(C(=O)Nc2ccc(CC(=O)O)cc2)s1. The summed E-state index contributed by atoms with van der Waals surface area (Å²) in [6, 6.07) is 6.77. The summed E-state index contributed by atoms with van der Waals surface area (Å²) in [6.07, 6.45) is 1.55. The molecule has 2 aromatic rings. The van der Waals surface area contributed by atoms with Crippen molar-refractivity contribution < 1.29 is 14.7 Å². The largest absolute Gasteiger partial charge is 0.481 e. The van der Waals surface area contributed by atoms with E-state index in [2.05, 4.69) is 10.3 Å². The van der Waals surface area contributed by atoms with Crippen molar-refractivity contribution in [3.05, 3.63) is 45.9 Å². The monoisotopic (exact) mass is 304 g/mol. The highest BCUT2D eigenvalue weighted by Gasteiger charge is 2.12. The number of aromatic nitrogens is 1. The van der Waals surface area contributed by atoms with Crippen molar-refractivity contribution in [2.45, 2.75) is 26.2 Å². The molecule has 1 aromatic carbocycles. The molecule has 0 atom stereocenters. The molecule has 0 fully saturated rings. The van der Waals surface area contributed by atoms with Crippen LogP contribution >= 0.6 is 11.3 Å². The van der Waals surface area contributed by atoms with Gasteiger partial charge in [-0.25, -0.2) is 4.98 Å². The normalized spacial score (nSPS) is 10.6. The molecule has 1 aromatic heterocycles. The third-order valence-electron chi connectivity index (χ3n) is 2.81. The van der Waals surface area contributed by atoms with E-state index in [0.717, 1.165) is 5.01 Å². The summed E-state index contributed by atoms with van der Waals surface area (Å²) in [5.41, 5.74) is 1.33. The quantitative estimate of drug-likeness (QED) is 0.889. The minimum Gasteiger partial charge on any atom is -0.481 e. The zero-order valence-electron chi connectivity index (χ0n) is 11.8. The fourth-order valence-corrected chi connectivity index (χ4v) is 2.55. The van der Waals surface area contributed by atoms with E-state index in [-0.39, 0.29) is 12.3 Å². The molecule has 0 aliphatic heterocycles. The number of carbonyl (C=O) groups excluding carboxylic acids is 1. The second-order valence-corrected chi connectivity index (χ2v) is 6.00. The molecule has 1 heterocycles. The number of hydrogen-bond acceptors (Lipinski definition) is 4. The first-order chi connectivity index (χ1) is 9.95. The first-order valence-electron chi connectivity index (χ1n) is 6.53. The van der Waals surface area contributed by atoms with E-state index < -0.39 is 5.97 Å². The molecule has 0 unspecified atom stereocenters. The topological polar surface area (TPSA) is 79.3 Å². The van der Waals surface area contributed by atoms with Crippen LogP contribution in [0, 0.1) is 0 Å². The van der Waals surface area contributed by atoms with E-state index in [4.69, 9.17) is 5.11 Å². The number of carboxylic acids is 1. The summed E-state index contributed by atoms with van der Waals surface area (Å²) in [6.45, 7) is 4.06. The zero-order chi connectivity index (χ0) is 15.4. The molecule has 0 aliphatic carbocycles. The number of nitrogens with one attached hydrogen (secondary N) is 1. The van der Waals surface area contributed by atoms with Gasteiger partial charge in [0.1, 0.15) is 4.88 Å². The summed E-state index contributed by atoms with van der Waals surface area (Å²) in [4.78, 5) is 27.5. The van der Waals surface area contributed by atoms with Gasteiger partial charge in [0.15, 0.2) is 0 Å². The van der Waals surface area contributed by atoms with Crippen molar-refractivity contribution in [1.29, 1.82) is 0 Å². The summed E-state index contributed by atoms with van der Waals surface area (Å²) >= 11 is 1.38. The number of rotatable bonds is 5. The number of thiazole rings is 1. The van der Waals surface area contributed by atoms with Crippen molar-refractivity contribution in [3.63, 3.8) is 0 Å². The maximum atomic E-state index is 12.1. The average Bonchev–Trinajstić information content (AvgIpc) is 2.90. The Labute approximate surface area is 126 Å². The van der Waals surface area contributed by atoms with E-state index in [1.54, 1.807) is 30.5 Å². The van der Waals surface area contributed by atoms with E-state index in [9.17, 15) is 9.59 Å². The van der Waals surface area contributed by atoms with Crippen molar-refractivity contribution in [2.24, 2.45) is 0 Å².